The molecule has 25 heavy (non-hydrogen) atoms. The lowest BCUT2D eigenvalue weighted by molar-refractivity contribution is 1.21. The first-order valence-corrected chi connectivity index (χ1v) is 8.22. The summed E-state index contributed by atoms with van der Waals surface area (Å²) in [6.45, 7) is 2.09. The molecule has 1 aromatic carbocycles. The summed E-state index contributed by atoms with van der Waals surface area (Å²) in [5, 5.41) is 0. The zero-order valence-corrected chi connectivity index (χ0v) is 13.9. The van der Waals surface area contributed by atoms with Crippen molar-refractivity contribution < 1.29 is 0 Å². The van der Waals surface area contributed by atoms with Crippen molar-refractivity contribution in [2.45, 2.75) is 6.92 Å². The van der Waals surface area contributed by atoms with Gasteiger partial charge in [-0.1, -0.05) is 42.5 Å². The Morgan fingerprint density at radius 1 is 0.600 bits per heavy atom. The highest BCUT2D eigenvalue weighted by molar-refractivity contribution is 5.92. The fourth-order valence-corrected chi connectivity index (χ4v) is 3.04. The zero-order chi connectivity index (χ0) is 17.1. The maximum atomic E-state index is 4.71. The van der Waals surface area contributed by atoms with E-state index in [0.29, 0.717) is 0 Å². The van der Waals surface area contributed by atoms with Crippen LogP contribution in [-0.4, -0.2) is 15.0 Å². The molecule has 120 valence electrons. The van der Waals surface area contributed by atoms with Gasteiger partial charge in [-0.05, 0) is 47.9 Å². The number of aryl methyl sites for hydroxylation is 1. The van der Waals surface area contributed by atoms with Crippen LogP contribution in [0.3, 0.4) is 0 Å². The van der Waals surface area contributed by atoms with E-state index in [9.17, 15) is 0 Å². The number of benzene rings is 1. The van der Waals surface area contributed by atoms with Crippen LogP contribution in [0.5, 0.6) is 0 Å². The average Bonchev–Trinajstić information content (AvgIpc) is 2.70. The Balaban J connectivity index is 2.08. The molecule has 3 heterocycles. The lowest BCUT2D eigenvalue weighted by Gasteiger charge is -2.16. The first-order chi connectivity index (χ1) is 12.3. The first-order valence-electron chi connectivity index (χ1n) is 8.22. The second-order valence-corrected chi connectivity index (χ2v) is 5.84. The fourth-order valence-electron chi connectivity index (χ4n) is 3.04. The van der Waals surface area contributed by atoms with Gasteiger partial charge >= 0.3 is 0 Å². The van der Waals surface area contributed by atoms with E-state index in [1.54, 1.807) is 6.20 Å². The van der Waals surface area contributed by atoms with E-state index in [1.807, 2.05) is 54.9 Å². The van der Waals surface area contributed by atoms with Crippen molar-refractivity contribution in [3.8, 4) is 33.8 Å². The van der Waals surface area contributed by atoms with Crippen LogP contribution in [0.25, 0.3) is 33.8 Å². The van der Waals surface area contributed by atoms with Gasteiger partial charge in [0.1, 0.15) is 0 Å². The average molecular weight is 323 g/mol. The molecule has 0 saturated carbocycles. The Morgan fingerprint density at radius 3 is 1.88 bits per heavy atom. The monoisotopic (exact) mass is 323 g/mol. The first kappa shape index (κ1) is 15.2. The molecule has 0 aliphatic carbocycles. The molecule has 4 aromatic rings. The van der Waals surface area contributed by atoms with Gasteiger partial charge in [0.25, 0.3) is 0 Å². The highest BCUT2D eigenvalue weighted by Crippen LogP contribution is 2.39. The highest BCUT2D eigenvalue weighted by atomic mass is 14.8. The number of rotatable bonds is 3. The van der Waals surface area contributed by atoms with E-state index in [-0.39, 0.29) is 0 Å². The highest BCUT2D eigenvalue weighted by Gasteiger charge is 2.18. The number of nitrogens with zero attached hydrogens (tertiary/aromatic N) is 3. The smallest absolute Gasteiger partial charge is 0.0986 e. The van der Waals surface area contributed by atoms with E-state index in [0.717, 1.165) is 39.3 Å². The van der Waals surface area contributed by atoms with Crippen molar-refractivity contribution >= 4 is 0 Å². The molecular weight excluding hydrogens is 306 g/mol. The Hall–Kier alpha value is -3.33. The van der Waals surface area contributed by atoms with E-state index in [1.165, 1.54) is 0 Å². The molecule has 0 aliphatic heterocycles. The van der Waals surface area contributed by atoms with Crippen LogP contribution in [0.4, 0.5) is 0 Å². The molecule has 0 aliphatic rings. The predicted octanol–water partition coefficient (Wildman–Crippen LogP) is 5.18. The standard InChI is InChI=1S/C22H17N3/c1-16-15-25-22(19-12-6-8-14-24-19)21(18-11-5-7-13-23-18)20(16)17-9-3-2-4-10-17/h2-15H,1H3. The van der Waals surface area contributed by atoms with Gasteiger partial charge in [-0.15, -0.1) is 0 Å². The molecule has 3 aromatic heterocycles. The predicted molar refractivity (Wildman–Crippen MR) is 101 cm³/mol. The van der Waals surface area contributed by atoms with Crippen LogP contribution in [0.2, 0.25) is 0 Å². The van der Waals surface area contributed by atoms with Gasteiger partial charge in [0.05, 0.1) is 17.1 Å². The summed E-state index contributed by atoms with van der Waals surface area (Å²) in [7, 11) is 0. The zero-order valence-electron chi connectivity index (χ0n) is 13.9. The molecular formula is C22H17N3. The second kappa shape index (κ2) is 6.65. The minimum absolute atomic E-state index is 0.848. The third-order valence-electron chi connectivity index (χ3n) is 4.16. The Labute approximate surface area is 147 Å². The van der Waals surface area contributed by atoms with Gasteiger partial charge in [-0.2, -0.15) is 0 Å². The summed E-state index contributed by atoms with van der Waals surface area (Å²) >= 11 is 0. The molecule has 3 nitrogen and oxygen atoms in total. The van der Waals surface area contributed by atoms with Crippen molar-refractivity contribution in [1.29, 1.82) is 0 Å². The van der Waals surface area contributed by atoms with Gasteiger partial charge < -0.3 is 0 Å². The van der Waals surface area contributed by atoms with Crippen LogP contribution < -0.4 is 0 Å². The minimum atomic E-state index is 0.848. The third-order valence-corrected chi connectivity index (χ3v) is 4.16. The molecule has 0 saturated heterocycles. The quantitative estimate of drug-likeness (QED) is 0.521. The topological polar surface area (TPSA) is 38.7 Å². The lowest BCUT2D eigenvalue weighted by Crippen LogP contribution is -1.98. The summed E-state index contributed by atoms with van der Waals surface area (Å²) in [6.07, 6.45) is 5.52. The Bertz CT molecular complexity index is 982. The van der Waals surface area contributed by atoms with Gasteiger partial charge in [0.15, 0.2) is 0 Å². The molecule has 0 unspecified atom stereocenters. The van der Waals surface area contributed by atoms with Crippen molar-refractivity contribution in [2.75, 3.05) is 0 Å². The molecule has 3 heteroatoms. The van der Waals surface area contributed by atoms with E-state index in [4.69, 9.17) is 4.98 Å². The maximum Gasteiger partial charge on any atom is 0.0986 e. The van der Waals surface area contributed by atoms with Crippen LogP contribution >= 0.6 is 0 Å². The van der Waals surface area contributed by atoms with Crippen LogP contribution in [-0.2, 0) is 0 Å². The summed E-state index contributed by atoms with van der Waals surface area (Å²) in [5.74, 6) is 0. The van der Waals surface area contributed by atoms with E-state index >= 15 is 0 Å². The molecule has 0 bridgehead atoms. The van der Waals surface area contributed by atoms with Crippen molar-refractivity contribution in [1.82, 2.24) is 15.0 Å². The molecule has 0 atom stereocenters. The van der Waals surface area contributed by atoms with Gasteiger partial charge in [-0.3, -0.25) is 15.0 Å². The number of hydrogen-bond acceptors (Lipinski definition) is 3. The molecule has 0 N–H and O–H groups in total. The largest absolute Gasteiger partial charge is 0.256 e. The van der Waals surface area contributed by atoms with Crippen molar-refractivity contribution in [3.63, 3.8) is 0 Å². The minimum Gasteiger partial charge on any atom is -0.256 e. The van der Waals surface area contributed by atoms with Gasteiger partial charge in [0.2, 0.25) is 0 Å². The molecule has 4 rings (SSSR count). The van der Waals surface area contributed by atoms with Crippen LogP contribution in [0.1, 0.15) is 5.56 Å². The fraction of sp³-hybridized carbons (Fsp3) is 0.0455. The third kappa shape index (κ3) is 2.92. The van der Waals surface area contributed by atoms with E-state index in [2.05, 4.69) is 41.2 Å². The van der Waals surface area contributed by atoms with Crippen LogP contribution in [0.15, 0.2) is 85.3 Å². The molecule has 0 spiro atoms. The second-order valence-electron chi connectivity index (χ2n) is 5.84. The van der Waals surface area contributed by atoms with E-state index < -0.39 is 0 Å². The molecule has 0 radical (unpaired) electrons. The summed E-state index contributed by atoms with van der Waals surface area (Å²) in [5.41, 5.74) is 7.04. The Morgan fingerprint density at radius 2 is 1.24 bits per heavy atom. The number of pyridine rings is 3. The number of hydrogen-bond donors (Lipinski definition) is 0. The number of aromatic nitrogens is 3. The molecule has 0 fully saturated rings. The summed E-state index contributed by atoms with van der Waals surface area (Å²) in [6, 6.07) is 22.2. The van der Waals surface area contributed by atoms with Gasteiger partial charge in [0, 0.05) is 24.2 Å². The molecule has 0 amide bonds. The van der Waals surface area contributed by atoms with Crippen LogP contribution in [0, 0.1) is 6.92 Å². The van der Waals surface area contributed by atoms with Gasteiger partial charge in [-0.25, -0.2) is 0 Å². The van der Waals surface area contributed by atoms with Crippen molar-refractivity contribution in [3.05, 3.63) is 90.9 Å². The summed E-state index contributed by atoms with van der Waals surface area (Å²) < 4.78 is 0. The Kier molecular flexibility index (Phi) is 4.05. The summed E-state index contributed by atoms with van der Waals surface area (Å²) in [4.78, 5) is 13.8. The van der Waals surface area contributed by atoms with Crippen molar-refractivity contribution in [2.24, 2.45) is 0 Å². The SMILES string of the molecule is Cc1cnc(-c2ccccn2)c(-c2ccccn2)c1-c1ccccc1. The maximum absolute atomic E-state index is 4.71. The lowest BCUT2D eigenvalue weighted by atomic mass is 9.92. The normalized spacial score (nSPS) is 10.6.